The molecule has 2 heterocycles. The Balaban J connectivity index is 1.50. The van der Waals surface area contributed by atoms with E-state index >= 15 is 0 Å². The molecular weight excluding hydrogens is 234 g/mol. The molecule has 17 heavy (non-hydrogen) atoms. The van der Waals surface area contributed by atoms with Crippen LogP contribution in [0.1, 0.15) is 24.8 Å². The predicted octanol–water partition coefficient (Wildman–Crippen LogP) is 2.06. The molecule has 1 N–H and O–H groups in total. The zero-order valence-corrected chi connectivity index (χ0v) is 10.7. The van der Waals surface area contributed by atoms with E-state index in [1.165, 1.54) is 32.4 Å². The van der Waals surface area contributed by atoms with Crippen molar-refractivity contribution in [2.75, 3.05) is 13.1 Å². The molecule has 3 nitrogen and oxygen atoms in total. The number of likely N-dealkylation sites (tertiary alicyclic amines) is 1. The molecule has 92 valence electrons. The van der Waals surface area contributed by atoms with Crippen molar-refractivity contribution >= 4 is 11.6 Å². The van der Waals surface area contributed by atoms with Gasteiger partial charge in [0.15, 0.2) is 0 Å². The molecule has 1 aromatic heterocycles. The van der Waals surface area contributed by atoms with Crippen molar-refractivity contribution in [3.05, 3.63) is 29.0 Å². The second-order valence-corrected chi connectivity index (χ2v) is 5.40. The fourth-order valence-corrected chi connectivity index (χ4v) is 2.72. The molecule has 1 aliphatic carbocycles. The molecule has 3 rings (SSSR count). The Kier molecular flexibility index (Phi) is 3.32. The van der Waals surface area contributed by atoms with Crippen LogP contribution in [0, 0.1) is 0 Å². The van der Waals surface area contributed by atoms with Gasteiger partial charge in [0, 0.05) is 43.5 Å². The Morgan fingerprint density at radius 2 is 2.29 bits per heavy atom. The Bertz CT molecular complexity index is 392. The van der Waals surface area contributed by atoms with Gasteiger partial charge in [0.2, 0.25) is 0 Å². The highest BCUT2D eigenvalue weighted by atomic mass is 35.5. The second-order valence-electron chi connectivity index (χ2n) is 5.05. The fraction of sp³-hybridized carbons (Fsp3) is 0.615. The first kappa shape index (κ1) is 11.5. The average molecular weight is 252 g/mol. The third-order valence-corrected chi connectivity index (χ3v) is 4.04. The first-order valence-electron chi connectivity index (χ1n) is 6.40. The van der Waals surface area contributed by atoms with E-state index in [0.29, 0.717) is 11.2 Å². The number of hydrogen-bond donors (Lipinski definition) is 1. The van der Waals surface area contributed by atoms with Crippen LogP contribution in [0.2, 0.25) is 5.15 Å². The van der Waals surface area contributed by atoms with Crippen LogP contribution >= 0.6 is 11.6 Å². The number of nitrogens with one attached hydrogen (secondary N) is 1. The fourth-order valence-electron chi connectivity index (χ4n) is 2.53. The molecule has 2 aliphatic rings. The first-order chi connectivity index (χ1) is 8.33. The van der Waals surface area contributed by atoms with E-state index in [1.54, 1.807) is 6.20 Å². The summed E-state index contributed by atoms with van der Waals surface area (Å²) < 4.78 is 0. The normalized spacial score (nSPS) is 25.4. The number of nitrogens with zero attached hydrogens (tertiary/aromatic N) is 2. The second kappa shape index (κ2) is 4.92. The molecule has 0 bridgehead atoms. The minimum Gasteiger partial charge on any atom is -0.308 e. The maximum Gasteiger partial charge on any atom is 0.133 e. The molecule has 1 unspecified atom stereocenters. The van der Waals surface area contributed by atoms with Crippen LogP contribution in [-0.2, 0) is 6.54 Å². The zero-order valence-electron chi connectivity index (χ0n) is 9.90. The number of aromatic nitrogens is 1. The summed E-state index contributed by atoms with van der Waals surface area (Å²) in [4.78, 5) is 6.71. The van der Waals surface area contributed by atoms with E-state index in [1.807, 2.05) is 12.1 Å². The maximum atomic E-state index is 6.04. The number of rotatable bonds is 4. The third kappa shape index (κ3) is 2.79. The molecular formula is C13H18ClN3. The highest BCUT2D eigenvalue weighted by molar-refractivity contribution is 6.30. The lowest BCUT2D eigenvalue weighted by Gasteiger charge is -2.16. The maximum absolute atomic E-state index is 6.04. The predicted molar refractivity (Wildman–Crippen MR) is 69.1 cm³/mol. The van der Waals surface area contributed by atoms with Gasteiger partial charge in [-0.15, -0.1) is 0 Å². The van der Waals surface area contributed by atoms with E-state index in [4.69, 9.17) is 11.6 Å². The molecule has 1 saturated carbocycles. The van der Waals surface area contributed by atoms with Crippen LogP contribution in [0.5, 0.6) is 0 Å². The van der Waals surface area contributed by atoms with E-state index in [2.05, 4.69) is 15.2 Å². The lowest BCUT2D eigenvalue weighted by Crippen LogP contribution is -2.32. The van der Waals surface area contributed by atoms with Crippen LogP contribution in [-0.4, -0.2) is 35.1 Å². The lowest BCUT2D eigenvalue weighted by atomic mass is 10.2. The van der Waals surface area contributed by atoms with Crippen LogP contribution in [0.4, 0.5) is 0 Å². The van der Waals surface area contributed by atoms with Gasteiger partial charge in [-0.1, -0.05) is 17.7 Å². The van der Waals surface area contributed by atoms with Crippen molar-refractivity contribution in [3.8, 4) is 0 Å². The minimum atomic E-state index is 0.617. The van der Waals surface area contributed by atoms with Gasteiger partial charge in [-0.2, -0.15) is 0 Å². The van der Waals surface area contributed by atoms with Crippen molar-refractivity contribution in [2.24, 2.45) is 0 Å². The Morgan fingerprint density at radius 3 is 3.06 bits per heavy atom. The van der Waals surface area contributed by atoms with Gasteiger partial charge in [0.1, 0.15) is 5.15 Å². The summed E-state index contributed by atoms with van der Waals surface area (Å²) in [6, 6.07) is 5.49. The Labute approximate surface area is 107 Å². The molecule has 0 amide bonds. The Hall–Kier alpha value is -0.640. The molecule has 0 radical (unpaired) electrons. The van der Waals surface area contributed by atoms with Crippen molar-refractivity contribution in [1.29, 1.82) is 0 Å². The van der Waals surface area contributed by atoms with E-state index in [9.17, 15) is 0 Å². The topological polar surface area (TPSA) is 28.2 Å². The van der Waals surface area contributed by atoms with Crippen molar-refractivity contribution in [2.45, 2.75) is 37.9 Å². The largest absolute Gasteiger partial charge is 0.308 e. The molecule has 1 atom stereocenters. The highest BCUT2D eigenvalue weighted by Gasteiger charge is 2.34. The van der Waals surface area contributed by atoms with Crippen LogP contribution in [0.25, 0.3) is 0 Å². The third-order valence-electron chi connectivity index (χ3n) is 3.70. The smallest absolute Gasteiger partial charge is 0.133 e. The first-order valence-corrected chi connectivity index (χ1v) is 6.77. The zero-order chi connectivity index (χ0) is 11.7. The highest BCUT2D eigenvalue weighted by Crippen LogP contribution is 2.29. The molecule has 1 aliphatic heterocycles. The SMILES string of the molecule is Clc1ncccc1CNC1CCN(C2CC2)C1. The summed E-state index contributed by atoms with van der Waals surface area (Å²) in [6.45, 7) is 3.28. The summed E-state index contributed by atoms with van der Waals surface area (Å²) >= 11 is 6.04. The van der Waals surface area contributed by atoms with Crippen molar-refractivity contribution in [3.63, 3.8) is 0 Å². The molecule has 1 saturated heterocycles. The summed E-state index contributed by atoms with van der Waals surface area (Å²) in [5, 5.41) is 4.21. The van der Waals surface area contributed by atoms with Crippen LogP contribution < -0.4 is 5.32 Å². The van der Waals surface area contributed by atoms with Gasteiger partial charge >= 0.3 is 0 Å². The Morgan fingerprint density at radius 1 is 1.41 bits per heavy atom. The molecule has 4 heteroatoms. The number of halogens is 1. The lowest BCUT2D eigenvalue weighted by molar-refractivity contribution is 0.317. The van der Waals surface area contributed by atoms with Crippen LogP contribution in [0.3, 0.4) is 0 Å². The molecule has 0 aromatic carbocycles. The average Bonchev–Trinajstić information content (AvgIpc) is 3.08. The molecule has 0 spiro atoms. The monoisotopic (exact) mass is 251 g/mol. The summed E-state index contributed by atoms with van der Waals surface area (Å²) in [6.07, 6.45) is 5.80. The summed E-state index contributed by atoms with van der Waals surface area (Å²) in [7, 11) is 0. The van der Waals surface area contributed by atoms with Gasteiger partial charge in [0.25, 0.3) is 0 Å². The van der Waals surface area contributed by atoms with Gasteiger partial charge in [-0.25, -0.2) is 4.98 Å². The van der Waals surface area contributed by atoms with Crippen molar-refractivity contribution in [1.82, 2.24) is 15.2 Å². The minimum absolute atomic E-state index is 0.617. The summed E-state index contributed by atoms with van der Waals surface area (Å²) in [5.74, 6) is 0. The molecule has 1 aromatic rings. The standard InChI is InChI=1S/C13H18ClN3/c14-13-10(2-1-6-15-13)8-16-11-5-7-17(9-11)12-3-4-12/h1-2,6,11-12,16H,3-5,7-9H2. The van der Waals surface area contributed by atoms with E-state index < -0.39 is 0 Å². The number of pyridine rings is 1. The quantitative estimate of drug-likeness (QED) is 0.831. The molecule has 2 fully saturated rings. The van der Waals surface area contributed by atoms with Crippen molar-refractivity contribution < 1.29 is 0 Å². The van der Waals surface area contributed by atoms with Gasteiger partial charge < -0.3 is 5.32 Å². The van der Waals surface area contributed by atoms with Gasteiger partial charge in [-0.05, 0) is 25.3 Å². The van der Waals surface area contributed by atoms with Gasteiger partial charge in [-0.3, -0.25) is 4.90 Å². The van der Waals surface area contributed by atoms with E-state index in [-0.39, 0.29) is 0 Å². The van der Waals surface area contributed by atoms with Crippen LogP contribution in [0.15, 0.2) is 18.3 Å². The van der Waals surface area contributed by atoms with E-state index in [0.717, 1.165) is 18.2 Å². The summed E-state index contributed by atoms with van der Waals surface area (Å²) in [5.41, 5.74) is 1.10. The number of hydrogen-bond acceptors (Lipinski definition) is 3. The van der Waals surface area contributed by atoms with Gasteiger partial charge in [0.05, 0.1) is 0 Å².